The molecule has 0 saturated carbocycles. The van der Waals surface area contributed by atoms with Crippen LogP contribution in [0.3, 0.4) is 0 Å². The van der Waals surface area contributed by atoms with Crippen LogP contribution in [0.1, 0.15) is 40.9 Å². The number of halogens is 4. The first-order valence-corrected chi connectivity index (χ1v) is 14.1. The summed E-state index contributed by atoms with van der Waals surface area (Å²) in [7, 11) is 1.55. The highest BCUT2D eigenvalue weighted by Gasteiger charge is 2.36. The highest BCUT2D eigenvalue weighted by atomic mass is 19.4. The number of hydrogen-bond donors (Lipinski definition) is 1. The normalized spacial score (nSPS) is 11.4. The molecule has 0 aliphatic heterocycles. The van der Waals surface area contributed by atoms with Crippen LogP contribution in [-0.2, 0) is 41.6 Å². The van der Waals surface area contributed by atoms with Gasteiger partial charge < -0.3 is 23.9 Å². The highest BCUT2D eigenvalue weighted by Crippen LogP contribution is 2.37. The van der Waals surface area contributed by atoms with Gasteiger partial charge in [-0.2, -0.15) is 13.2 Å². The summed E-state index contributed by atoms with van der Waals surface area (Å²) < 4.78 is 77.1. The zero-order valence-electron chi connectivity index (χ0n) is 24.6. The molecule has 0 aliphatic rings. The molecule has 45 heavy (non-hydrogen) atoms. The molecule has 0 unspecified atom stereocenters. The number of amides is 1. The van der Waals surface area contributed by atoms with Gasteiger partial charge in [0, 0.05) is 32.8 Å². The molecule has 2 aromatic carbocycles. The molecule has 0 atom stereocenters. The lowest BCUT2D eigenvalue weighted by molar-refractivity contribution is -0.139. The summed E-state index contributed by atoms with van der Waals surface area (Å²) >= 11 is 0. The van der Waals surface area contributed by atoms with Gasteiger partial charge in [0.25, 0.3) is 0 Å². The number of hydrogen-bond acceptors (Lipinski definition) is 8. The molecule has 2 heterocycles. The first kappa shape index (κ1) is 33.2. The van der Waals surface area contributed by atoms with Gasteiger partial charge in [0.15, 0.2) is 0 Å². The van der Waals surface area contributed by atoms with E-state index in [-0.39, 0.29) is 30.4 Å². The van der Waals surface area contributed by atoms with Gasteiger partial charge in [-0.25, -0.2) is 14.2 Å². The predicted octanol–water partition coefficient (Wildman–Crippen LogP) is 6.25. The maximum atomic E-state index is 14.8. The summed E-state index contributed by atoms with van der Waals surface area (Å²) in [6.45, 7) is 5.20. The Morgan fingerprint density at radius 1 is 1.09 bits per heavy atom. The fraction of sp³-hybridized carbons (Fsp3) is 0.355. The Balaban J connectivity index is 1.19. The quantitative estimate of drug-likeness (QED) is 0.114. The van der Waals surface area contributed by atoms with Gasteiger partial charge >= 0.3 is 12.3 Å². The average molecular weight is 632 g/mol. The van der Waals surface area contributed by atoms with Gasteiger partial charge in [0.1, 0.15) is 30.1 Å². The van der Waals surface area contributed by atoms with Crippen molar-refractivity contribution in [3.63, 3.8) is 0 Å². The van der Waals surface area contributed by atoms with Gasteiger partial charge in [0.05, 0.1) is 30.0 Å². The van der Waals surface area contributed by atoms with Crippen LogP contribution >= 0.6 is 0 Å². The monoisotopic (exact) mass is 631 g/mol. The van der Waals surface area contributed by atoms with E-state index in [4.69, 9.17) is 18.6 Å². The third-order valence-corrected chi connectivity index (χ3v) is 6.63. The number of ether oxygens (including phenoxy) is 3. The largest absolute Gasteiger partial charge is 0.487 e. The van der Waals surface area contributed by atoms with Crippen LogP contribution in [0.5, 0.6) is 5.75 Å². The van der Waals surface area contributed by atoms with Gasteiger partial charge in [-0.05, 0) is 48.6 Å². The van der Waals surface area contributed by atoms with Gasteiger partial charge in [0.2, 0.25) is 5.89 Å². The second-order valence-corrected chi connectivity index (χ2v) is 9.91. The molecule has 4 aromatic rings. The lowest BCUT2D eigenvalue weighted by Gasteiger charge is -2.12. The van der Waals surface area contributed by atoms with Crippen molar-refractivity contribution >= 4 is 12.2 Å². The molecule has 0 aliphatic carbocycles. The average Bonchev–Trinajstić information content (AvgIpc) is 3.68. The Hall–Kier alpha value is -4.72. The van der Waals surface area contributed by atoms with Crippen molar-refractivity contribution in [2.45, 2.75) is 45.0 Å². The van der Waals surface area contributed by atoms with Crippen molar-refractivity contribution < 1.29 is 41.0 Å². The van der Waals surface area contributed by atoms with E-state index in [9.17, 15) is 22.4 Å². The van der Waals surface area contributed by atoms with Crippen LogP contribution in [0.15, 0.2) is 59.9 Å². The second kappa shape index (κ2) is 15.8. The first-order chi connectivity index (χ1) is 21.7. The van der Waals surface area contributed by atoms with E-state index in [0.29, 0.717) is 37.9 Å². The standard InChI is InChI=1S/C31H33F4N5O5/c1-3-22-9-12-26(31(33,34)35)28(32)27(22)29-37-24(20-45-29)19-44-25-10-7-21(8-11-25)6-4-5-15-40-18-23(38-39-40)13-16-43-30(41)36-14-17-42-2/h3,7-12,18,20H,1,4-6,13-17,19H2,2H3,(H,36,41). The summed E-state index contributed by atoms with van der Waals surface area (Å²) in [5.41, 5.74) is 0.438. The lowest BCUT2D eigenvalue weighted by atomic mass is 10.0. The Kier molecular flexibility index (Phi) is 11.7. The number of oxazole rings is 1. The molecule has 1 amide bonds. The van der Waals surface area contributed by atoms with E-state index < -0.39 is 29.2 Å². The number of benzene rings is 2. The molecule has 0 bridgehead atoms. The van der Waals surface area contributed by atoms with E-state index in [1.54, 1.807) is 11.8 Å². The minimum atomic E-state index is -4.87. The summed E-state index contributed by atoms with van der Waals surface area (Å²) in [6.07, 6.45) is 2.03. The van der Waals surface area contributed by atoms with Crippen LogP contribution < -0.4 is 10.1 Å². The SMILES string of the molecule is C=Cc1ccc(C(F)(F)F)c(F)c1-c1nc(COc2ccc(CCCCn3cc(CCOC(=O)NCCOC)nn3)cc2)co1. The molecule has 0 spiro atoms. The number of carbonyl (C=O) groups is 1. The van der Waals surface area contributed by atoms with Crippen LogP contribution in [0.25, 0.3) is 17.5 Å². The molecular formula is C31H33F4N5O5. The van der Waals surface area contributed by atoms with Gasteiger partial charge in [-0.1, -0.05) is 36.1 Å². The summed E-state index contributed by atoms with van der Waals surface area (Å²) in [5.74, 6) is -1.21. The minimum absolute atomic E-state index is 0.0273. The Bertz CT molecular complexity index is 1550. The highest BCUT2D eigenvalue weighted by molar-refractivity contribution is 5.71. The Morgan fingerprint density at radius 2 is 1.89 bits per heavy atom. The lowest BCUT2D eigenvalue weighted by Crippen LogP contribution is -2.28. The minimum Gasteiger partial charge on any atom is -0.487 e. The number of nitrogens with one attached hydrogen (secondary N) is 1. The van der Waals surface area contributed by atoms with Crippen molar-refractivity contribution in [3.8, 4) is 17.2 Å². The molecule has 0 fully saturated rings. The zero-order valence-corrected chi connectivity index (χ0v) is 24.6. The number of nitrogens with zero attached hydrogens (tertiary/aromatic N) is 4. The first-order valence-electron chi connectivity index (χ1n) is 14.1. The van der Waals surface area contributed by atoms with Crippen molar-refractivity contribution in [3.05, 3.63) is 89.3 Å². The topological polar surface area (TPSA) is 114 Å². The van der Waals surface area contributed by atoms with E-state index in [0.717, 1.165) is 36.6 Å². The molecule has 10 nitrogen and oxygen atoms in total. The molecule has 0 radical (unpaired) electrons. The smallest absolute Gasteiger partial charge is 0.419 e. The number of methoxy groups -OCH3 is 1. The van der Waals surface area contributed by atoms with E-state index in [2.05, 4.69) is 27.2 Å². The molecule has 2 aromatic heterocycles. The number of alkyl carbamates (subject to hydrolysis) is 1. The van der Waals surface area contributed by atoms with Crippen LogP contribution in [0.4, 0.5) is 22.4 Å². The predicted molar refractivity (Wildman–Crippen MR) is 156 cm³/mol. The molecular weight excluding hydrogens is 598 g/mol. The van der Waals surface area contributed by atoms with Crippen molar-refractivity contribution in [2.75, 3.05) is 26.9 Å². The number of rotatable bonds is 16. The maximum Gasteiger partial charge on any atom is 0.419 e. The van der Waals surface area contributed by atoms with Crippen LogP contribution in [0, 0.1) is 5.82 Å². The summed E-state index contributed by atoms with van der Waals surface area (Å²) in [6, 6.07) is 9.28. The zero-order chi connectivity index (χ0) is 32.2. The van der Waals surface area contributed by atoms with Crippen LogP contribution in [0.2, 0.25) is 0 Å². The Morgan fingerprint density at radius 3 is 2.62 bits per heavy atom. The van der Waals surface area contributed by atoms with Gasteiger partial charge in [-0.15, -0.1) is 5.10 Å². The number of aromatic nitrogens is 4. The molecule has 240 valence electrons. The van der Waals surface area contributed by atoms with Crippen molar-refractivity contribution in [1.82, 2.24) is 25.3 Å². The summed E-state index contributed by atoms with van der Waals surface area (Å²) in [4.78, 5) is 15.7. The van der Waals surface area contributed by atoms with E-state index in [1.807, 2.05) is 30.5 Å². The third-order valence-electron chi connectivity index (χ3n) is 6.63. The summed E-state index contributed by atoms with van der Waals surface area (Å²) in [5, 5.41) is 10.8. The number of alkyl halides is 3. The van der Waals surface area contributed by atoms with E-state index in [1.165, 1.54) is 12.3 Å². The van der Waals surface area contributed by atoms with Crippen molar-refractivity contribution in [2.24, 2.45) is 0 Å². The number of aryl methyl sites for hydroxylation is 2. The second-order valence-electron chi connectivity index (χ2n) is 9.91. The molecule has 1 N–H and O–H groups in total. The van der Waals surface area contributed by atoms with E-state index >= 15 is 0 Å². The van der Waals surface area contributed by atoms with Crippen molar-refractivity contribution in [1.29, 1.82) is 0 Å². The van der Waals surface area contributed by atoms with Gasteiger partial charge in [-0.3, -0.25) is 4.68 Å². The van der Waals surface area contributed by atoms with Crippen LogP contribution in [-0.4, -0.2) is 52.9 Å². The fourth-order valence-corrected chi connectivity index (χ4v) is 4.31. The fourth-order valence-electron chi connectivity index (χ4n) is 4.31. The number of unbranched alkanes of at least 4 members (excludes halogenated alkanes) is 1. The molecule has 0 saturated heterocycles. The molecule has 4 rings (SSSR count). The Labute approximate surface area is 257 Å². The molecule has 14 heteroatoms. The third kappa shape index (κ3) is 9.63. The maximum absolute atomic E-state index is 14.8. The number of carbonyl (C=O) groups excluding carboxylic acids is 1.